The Labute approximate surface area is 102 Å². The molecule has 0 heterocycles. The summed E-state index contributed by atoms with van der Waals surface area (Å²) in [4.78, 5) is 11.8. The lowest BCUT2D eigenvalue weighted by atomic mass is 9.86. The quantitative estimate of drug-likeness (QED) is 0.587. The van der Waals surface area contributed by atoms with Gasteiger partial charge in [0.25, 0.3) is 0 Å². The number of ether oxygens (including phenoxy) is 1. The summed E-state index contributed by atoms with van der Waals surface area (Å²) in [5, 5.41) is 0. The van der Waals surface area contributed by atoms with Crippen LogP contribution in [0.15, 0.2) is 30.3 Å². The molecule has 3 rings (SSSR count). The summed E-state index contributed by atoms with van der Waals surface area (Å²) in [6, 6.07) is 9.37. The Kier molecular flexibility index (Phi) is 2.87. The van der Waals surface area contributed by atoms with Crippen molar-refractivity contribution in [2.75, 3.05) is 0 Å². The van der Waals surface area contributed by atoms with E-state index >= 15 is 0 Å². The predicted octanol–water partition coefficient (Wildman–Crippen LogP) is 3.42. The maximum atomic E-state index is 11.8. The van der Waals surface area contributed by atoms with Crippen LogP contribution in [0.5, 0.6) is 5.75 Å². The van der Waals surface area contributed by atoms with Crippen molar-refractivity contribution in [2.24, 2.45) is 17.8 Å². The van der Waals surface area contributed by atoms with Gasteiger partial charge in [-0.05, 0) is 49.1 Å². The molecule has 0 N–H and O–H groups in total. The second kappa shape index (κ2) is 4.52. The van der Waals surface area contributed by atoms with E-state index in [2.05, 4.69) is 0 Å². The Morgan fingerprint density at radius 2 is 2.00 bits per heavy atom. The predicted molar refractivity (Wildman–Crippen MR) is 65.6 cm³/mol. The Morgan fingerprint density at radius 1 is 1.18 bits per heavy atom. The van der Waals surface area contributed by atoms with E-state index < -0.39 is 0 Å². The molecule has 2 fully saturated rings. The topological polar surface area (TPSA) is 26.3 Å². The monoisotopic (exact) mass is 230 g/mol. The second-order valence-corrected chi connectivity index (χ2v) is 5.43. The first kappa shape index (κ1) is 10.8. The molecule has 0 aromatic heterocycles. The Morgan fingerprint density at radius 3 is 2.65 bits per heavy atom. The van der Waals surface area contributed by atoms with Gasteiger partial charge in [0.2, 0.25) is 0 Å². The molecule has 0 aliphatic heterocycles. The largest absolute Gasteiger partial charge is 0.427 e. The van der Waals surface area contributed by atoms with Crippen LogP contribution in [0, 0.1) is 17.8 Å². The van der Waals surface area contributed by atoms with Gasteiger partial charge in [-0.25, -0.2) is 0 Å². The standard InChI is InChI=1S/C15H18O2/c16-15(17-14-4-2-1-3-5-14)10-13-9-11-6-7-12(13)8-11/h1-5,11-13H,6-10H2. The fraction of sp³-hybridized carbons (Fsp3) is 0.533. The van der Waals surface area contributed by atoms with Gasteiger partial charge in [-0.2, -0.15) is 0 Å². The summed E-state index contributed by atoms with van der Waals surface area (Å²) in [6.07, 6.45) is 5.91. The SMILES string of the molecule is O=C(CC1CC2CCC1C2)Oc1ccccc1. The molecule has 2 aliphatic carbocycles. The van der Waals surface area contributed by atoms with Crippen molar-refractivity contribution in [2.45, 2.75) is 32.1 Å². The van der Waals surface area contributed by atoms with Crippen LogP contribution in [0.2, 0.25) is 0 Å². The minimum atomic E-state index is -0.0613. The summed E-state index contributed by atoms with van der Waals surface area (Å²) >= 11 is 0. The molecule has 1 aromatic carbocycles. The highest BCUT2D eigenvalue weighted by Crippen LogP contribution is 2.49. The van der Waals surface area contributed by atoms with E-state index in [0.29, 0.717) is 18.1 Å². The molecule has 2 nitrogen and oxygen atoms in total. The number of carbonyl (C=O) groups is 1. The van der Waals surface area contributed by atoms with Crippen molar-refractivity contribution in [1.29, 1.82) is 0 Å². The molecule has 0 saturated heterocycles. The molecule has 3 atom stereocenters. The van der Waals surface area contributed by atoms with Crippen molar-refractivity contribution in [3.63, 3.8) is 0 Å². The minimum absolute atomic E-state index is 0.0613. The lowest BCUT2D eigenvalue weighted by Crippen LogP contribution is -2.18. The first-order valence-corrected chi connectivity index (χ1v) is 6.57. The van der Waals surface area contributed by atoms with E-state index in [1.54, 1.807) is 0 Å². The molecule has 2 saturated carbocycles. The van der Waals surface area contributed by atoms with Crippen molar-refractivity contribution in [1.82, 2.24) is 0 Å². The first-order chi connectivity index (χ1) is 8.31. The highest BCUT2D eigenvalue weighted by Gasteiger charge is 2.40. The number of hydrogen-bond acceptors (Lipinski definition) is 2. The van der Waals surface area contributed by atoms with Gasteiger partial charge in [0.15, 0.2) is 0 Å². The van der Waals surface area contributed by atoms with Crippen LogP contribution in [-0.2, 0) is 4.79 Å². The fourth-order valence-corrected chi connectivity index (χ4v) is 3.50. The van der Waals surface area contributed by atoms with Crippen LogP contribution < -0.4 is 4.74 Å². The number of para-hydroxylation sites is 1. The van der Waals surface area contributed by atoms with Gasteiger partial charge in [-0.15, -0.1) is 0 Å². The third-order valence-corrected chi connectivity index (χ3v) is 4.29. The van der Waals surface area contributed by atoms with Gasteiger partial charge in [0.1, 0.15) is 5.75 Å². The van der Waals surface area contributed by atoms with Crippen LogP contribution in [0.1, 0.15) is 32.1 Å². The van der Waals surface area contributed by atoms with Gasteiger partial charge in [0.05, 0.1) is 0 Å². The van der Waals surface area contributed by atoms with E-state index in [0.717, 1.165) is 11.8 Å². The van der Waals surface area contributed by atoms with Gasteiger partial charge in [0, 0.05) is 6.42 Å². The zero-order valence-electron chi connectivity index (χ0n) is 9.97. The molecule has 17 heavy (non-hydrogen) atoms. The average Bonchev–Trinajstić information content (AvgIpc) is 2.92. The van der Waals surface area contributed by atoms with E-state index in [-0.39, 0.29) is 5.97 Å². The van der Waals surface area contributed by atoms with Crippen molar-refractivity contribution < 1.29 is 9.53 Å². The summed E-state index contributed by atoms with van der Waals surface area (Å²) in [7, 11) is 0. The van der Waals surface area contributed by atoms with Crippen molar-refractivity contribution in [3.8, 4) is 5.75 Å². The molecule has 3 unspecified atom stereocenters. The number of hydrogen-bond donors (Lipinski definition) is 0. The number of carbonyl (C=O) groups excluding carboxylic acids is 1. The highest BCUT2D eigenvalue weighted by atomic mass is 16.5. The van der Waals surface area contributed by atoms with Gasteiger partial charge in [-0.1, -0.05) is 24.6 Å². The third kappa shape index (κ3) is 2.36. The van der Waals surface area contributed by atoms with Crippen LogP contribution in [-0.4, -0.2) is 5.97 Å². The summed E-state index contributed by atoms with van der Waals surface area (Å²) in [5.41, 5.74) is 0. The van der Waals surface area contributed by atoms with E-state index in [1.165, 1.54) is 25.7 Å². The number of benzene rings is 1. The van der Waals surface area contributed by atoms with E-state index in [9.17, 15) is 4.79 Å². The van der Waals surface area contributed by atoms with E-state index in [4.69, 9.17) is 4.74 Å². The van der Waals surface area contributed by atoms with Gasteiger partial charge in [-0.3, -0.25) is 4.79 Å². The smallest absolute Gasteiger partial charge is 0.311 e. The Bertz CT molecular complexity index is 399. The van der Waals surface area contributed by atoms with Gasteiger partial charge < -0.3 is 4.74 Å². The van der Waals surface area contributed by atoms with Crippen LogP contribution in [0.4, 0.5) is 0 Å². The second-order valence-electron chi connectivity index (χ2n) is 5.43. The number of esters is 1. The third-order valence-electron chi connectivity index (χ3n) is 4.29. The Balaban J connectivity index is 1.54. The van der Waals surface area contributed by atoms with E-state index in [1.807, 2.05) is 30.3 Å². The first-order valence-electron chi connectivity index (χ1n) is 6.57. The molecular weight excluding hydrogens is 212 g/mol. The normalized spacial score (nSPS) is 30.5. The maximum Gasteiger partial charge on any atom is 0.311 e. The zero-order chi connectivity index (χ0) is 11.7. The van der Waals surface area contributed by atoms with Crippen LogP contribution >= 0.6 is 0 Å². The Hall–Kier alpha value is -1.31. The van der Waals surface area contributed by atoms with Crippen molar-refractivity contribution in [3.05, 3.63) is 30.3 Å². The van der Waals surface area contributed by atoms with Crippen molar-refractivity contribution >= 4 is 5.97 Å². The number of fused-ring (bicyclic) bond motifs is 2. The summed E-state index contributed by atoms with van der Waals surface area (Å²) in [5.74, 6) is 2.89. The summed E-state index contributed by atoms with van der Waals surface area (Å²) in [6.45, 7) is 0. The molecule has 0 radical (unpaired) electrons. The molecule has 2 heteroatoms. The zero-order valence-corrected chi connectivity index (χ0v) is 9.97. The molecule has 0 spiro atoms. The average molecular weight is 230 g/mol. The molecular formula is C15H18O2. The summed E-state index contributed by atoms with van der Waals surface area (Å²) < 4.78 is 5.35. The van der Waals surface area contributed by atoms with Gasteiger partial charge >= 0.3 is 5.97 Å². The minimum Gasteiger partial charge on any atom is -0.427 e. The lowest BCUT2D eigenvalue weighted by molar-refractivity contribution is -0.135. The molecule has 0 amide bonds. The number of rotatable bonds is 3. The lowest BCUT2D eigenvalue weighted by Gasteiger charge is -2.20. The highest BCUT2D eigenvalue weighted by molar-refractivity contribution is 5.72. The maximum absolute atomic E-state index is 11.8. The molecule has 2 bridgehead atoms. The molecule has 90 valence electrons. The molecule has 2 aliphatic rings. The van der Waals surface area contributed by atoms with Crippen LogP contribution in [0.3, 0.4) is 0 Å². The molecule has 1 aromatic rings. The fourth-order valence-electron chi connectivity index (χ4n) is 3.50. The van der Waals surface area contributed by atoms with Crippen LogP contribution in [0.25, 0.3) is 0 Å².